The van der Waals surface area contributed by atoms with E-state index in [1.54, 1.807) is 19.1 Å². The van der Waals surface area contributed by atoms with Gasteiger partial charge >= 0.3 is 5.97 Å². The Kier molecular flexibility index (Phi) is 5.44. The van der Waals surface area contributed by atoms with E-state index < -0.39 is 4.92 Å². The summed E-state index contributed by atoms with van der Waals surface area (Å²) in [7, 11) is 0. The average Bonchev–Trinajstić information content (AvgIpc) is 2.29. The molecule has 0 atom stereocenters. The maximum absolute atomic E-state index is 11.1. The summed E-state index contributed by atoms with van der Waals surface area (Å²) in [5.74, 6) is 0.545. The Morgan fingerprint density at radius 2 is 2.28 bits per heavy atom. The second-order valence-corrected chi connectivity index (χ2v) is 4.43. The summed E-state index contributed by atoms with van der Waals surface area (Å²) < 4.78 is 4.78. The fraction of sp³-hybridized carbons (Fsp3) is 0.364. The molecule has 0 aliphatic rings. The Morgan fingerprint density at radius 1 is 1.56 bits per heavy atom. The Labute approximate surface area is 109 Å². The number of benzene rings is 1. The molecule has 0 spiro atoms. The zero-order valence-electron chi connectivity index (χ0n) is 9.92. The number of anilines is 1. The summed E-state index contributed by atoms with van der Waals surface area (Å²) >= 11 is 1.38. The molecule has 0 bridgehead atoms. The van der Waals surface area contributed by atoms with Crippen LogP contribution in [0.3, 0.4) is 0 Å². The second kappa shape index (κ2) is 6.85. The minimum Gasteiger partial charge on any atom is -0.465 e. The molecule has 6 nitrogen and oxygen atoms in total. The normalized spacial score (nSPS) is 10.1. The Balaban J connectivity index is 2.51. The number of esters is 1. The van der Waals surface area contributed by atoms with Crippen molar-refractivity contribution in [3.05, 3.63) is 33.9 Å². The molecule has 18 heavy (non-hydrogen) atoms. The standard InChI is InChI=1S/C11H14N2O4S/c1-2-17-11(14)7-18-6-8-3-4-10(13(15)16)9(12)5-8/h3-5H,2,6-7,12H2,1H3. The van der Waals surface area contributed by atoms with E-state index in [2.05, 4.69) is 0 Å². The summed E-state index contributed by atoms with van der Waals surface area (Å²) in [6.07, 6.45) is 0. The molecule has 0 saturated heterocycles. The van der Waals surface area contributed by atoms with Gasteiger partial charge in [-0.25, -0.2) is 0 Å². The zero-order valence-corrected chi connectivity index (χ0v) is 10.7. The number of nitrogens with two attached hydrogens (primary N) is 1. The maximum atomic E-state index is 11.1. The molecule has 0 aliphatic carbocycles. The van der Waals surface area contributed by atoms with Crippen molar-refractivity contribution in [3.63, 3.8) is 0 Å². The van der Waals surface area contributed by atoms with Crippen molar-refractivity contribution >= 4 is 29.1 Å². The first-order chi connectivity index (χ1) is 8.54. The number of ether oxygens (including phenoxy) is 1. The lowest BCUT2D eigenvalue weighted by atomic mass is 10.2. The predicted molar refractivity (Wildman–Crippen MR) is 70.3 cm³/mol. The van der Waals surface area contributed by atoms with Crippen molar-refractivity contribution in [2.45, 2.75) is 12.7 Å². The van der Waals surface area contributed by atoms with Crippen LogP contribution in [0.15, 0.2) is 18.2 Å². The monoisotopic (exact) mass is 270 g/mol. The maximum Gasteiger partial charge on any atom is 0.315 e. The minimum absolute atomic E-state index is 0.103. The molecule has 1 aromatic carbocycles. The van der Waals surface area contributed by atoms with Gasteiger partial charge in [0.1, 0.15) is 5.69 Å². The van der Waals surface area contributed by atoms with Crippen LogP contribution in [0.2, 0.25) is 0 Å². The third kappa shape index (κ3) is 4.25. The average molecular weight is 270 g/mol. The van der Waals surface area contributed by atoms with Gasteiger partial charge in [-0.3, -0.25) is 14.9 Å². The Hall–Kier alpha value is -1.76. The number of rotatable bonds is 6. The first kappa shape index (κ1) is 14.3. The third-order valence-corrected chi connectivity index (χ3v) is 3.06. The van der Waals surface area contributed by atoms with E-state index in [9.17, 15) is 14.9 Å². The summed E-state index contributed by atoms with van der Waals surface area (Å²) in [5.41, 5.74) is 6.43. The summed E-state index contributed by atoms with van der Waals surface area (Å²) in [5, 5.41) is 10.6. The van der Waals surface area contributed by atoms with Gasteiger partial charge in [-0.05, 0) is 18.6 Å². The van der Waals surface area contributed by atoms with E-state index in [4.69, 9.17) is 10.5 Å². The Bertz CT molecular complexity index is 451. The van der Waals surface area contributed by atoms with Crippen molar-refractivity contribution in [3.8, 4) is 0 Å². The number of thioether (sulfide) groups is 1. The number of carbonyl (C=O) groups is 1. The number of nitrogen functional groups attached to an aromatic ring is 1. The highest BCUT2D eigenvalue weighted by Crippen LogP contribution is 2.24. The number of carbonyl (C=O) groups excluding carboxylic acids is 1. The fourth-order valence-electron chi connectivity index (χ4n) is 1.31. The molecule has 7 heteroatoms. The molecule has 98 valence electrons. The van der Waals surface area contributed by atoms with Gasteiger partial charge in [-0.15, -0.1) is 11.8 Å². The molecule has 0 aliphatic heterocycles. The molecule has 0 heterocycles. The highest BCUT2D eigenvalue weighted by molar-refractivity contribution is 7.99. The van der Waals surface area contributed by atoms with E-state index in [0.717, 1.165) is 5.56 Å². The van der Waals surface area contributed by atoms with Crippen LogP contribution in [0.1, 0.15) is 12.5 Å². The minimum atomic E-state index is -0.523. The van der Waals surface area contributed by atoms with Crippen LogP contribution in [-0.4, -0.2) is 23.3 Å². The number of nitrogens with zero attached hydrogens (tertiary/aromatic N) is 1. The molecule has 1 aromatic rings. The third-order valence-electron chi connectivity index (χ3n) is 2.08. The lowest BCUT2D eigenvalue weighted by Crippen LogP contribution is -2.06. The molecule has 2 N–H and O–H groups in total. The van der Waals surface area contributed by atoms with E-state index in [0.29, 0.717) is 12.4 Å². The van der Waals surface area contributed by atoms with Crippen LogP contribution >= 0.6 is 11.8 Å². The molecule has 0 radical (unpaired) electrons. The summed E-state index contributed by atoms with van der Waals surface area (Å²) in [6.45, 7) is 2.11. The first-order valence-corrected chi connectivity index (χ1v) is 6.46. The smallest absolute Gasteiger partial charge is 0.315 e. The number of nitro benzene ring substituents is 1. The number of nitro groups is 1. The first-order valence-electron chi connectivity index (χ1n) is 5.30. The summed E-state index contributed by atoms with van der Waals surface area (Å²) in [4.78, 5) is 21.1. The van der Waals surface area contributed by atoms with Crippen LogP contribution in [0.4, 0.5) is 11.4 Å². The van der Waals surface area contributed by atoms with Crippen LogP contribution in [0.5, 0.6) is 0 Å². The molecule has 0 amide bonds. The zero-order chi connectivity index (χ0) is 13.5. The van der Waals surface area contributed by atoms with Crippen molar-refractivity contribution in [2.24, 2.45) is 0 Å². The van der Waals surface area contributed by atoms with Gasteiger partial charge in [0.25, 0.3) is 5.69 Å². The fourth-order valence-corrected chi connectivity index (χ4v) is 2.08. The largest absolute Gasteiger partial charge is 0.465 e. The molecular weight excluding hydrogens is 256 g/mol. The van der Waals surface area contributed by atoms with Gasteiger partial charge < -0.3 is 10.5 Å². The predicted octanol–water partition coefficient (Wildman–Crippen LogP) is 1.97. The topological polar surface area (TPSA) is 95.5 Å². The van der Waals surface area contributed by atoms with E-state index in [1.165, 1.54) is 17.8 Å². The number of hydrogen-bond donors (Lipinski definition) is 1. The summed E-state index contributed by atoms with van der Waals surface area (Å²) in [6, 6.07) is 4.55. The number of hydrogen-bond acceptors (Lipinski definition) is 6. The van der Waals surface area contributed by atoms with Crippen LogP contribution < -0.4 is 5.73 Å². The van der Waals surface area contributed by atoms with Crippen molar-refractivity contribution in [2.75, 3.05) is 18.1 Å². The second-order valence-electron chi connectivity index (χ2n) is 3.45. The molecule has 1 rings (SSSR count). The van der Waals surface area contributed by atoms with Crippen LogP contribution in [0.25, 0.3) is 0 Å². The van der Waals surface area contributed by atoms with Crippen LogP contribution in [-0.2, 0) is 15.3 Å². The highest BCUT2D eigenvalue weighted by Gasteiger charge is 2.11. The van der Waals surface area contributed by atoms with Crippen LogP contribution in [0, 0.1) is 10.1 Å². The van der Waals surface area contributed by atoms with E-state index >= 15 is 0 Å². The van der Waals surface area contributed by atoms with Crippen molar-refractivity contribution in [1.82, 2.24) is 0 Å². The van der Waals surface area contributed by atoms with E-state index in [1.807, 2.05) is 0 Å². The van der Waals surface area contributed by atoms with Gasteiger partial charge in [-0.2, -0.15) is 0 Å². The molecule has 0 saturated carbocycles. The SMILES string of the molecule is CCOC(=O)CSCc1ccc([N+](=O)[O-])c(N)c1. The van der Waals surface area contributed by atoms with Crippen molar-refractivity contribution < 1.29 is 14.5 Å². The molecule has 0 aromatic heterocycles. The van der Waals surface area contributed by atoms with E-state index in [-0.39, 0.29) is 23.1 Å². The molecule has 0 fully saturated rings. The van der Waals surface area contributed by atoms with Gasteiger partial charge in [0.2, 0.25) is 0 Å². The van der Waals surface area contributed by atoms with Gasteiger partial charge in [-0.1, -0.05) is 6.07 Å². The lowest BCUT2D eigenvalue weighted by molar-refractivity contribution is -0.383. The quantitative estimate of drug-likeness (QED) is 0.367. The van der Waals surface area contributed by atoms with Gasteiger partial charge in [0, 0.05) is 11.8 Å². The van der Waals surface area contributed by atoms with Crippen molar-refractivity contribution in [1.29, 1.82) is 0 Å². The molecular formula is C11H14N2O4S. The van der Waals surface area contributed by atoms with Gasteiger partial charge in [0.05, 0.1) is 17.3 Å². The molecule has 0 unspecified atom stereocenters. The lowest BCUT2D eigenvalue weighted by Gasteiger charge is -2.04. The van der Waals surface area contributed by atoms with Gasteiger partial charge in [0.15, 0.2) is 0 Å². The Morgan fingerprint density at radius 3 is 2.83 bits per heavy atom. The highest BCUT2D eigenvalue weighted by atomic mass is 32.2.